The monoisotopic (exact) mass is 212 g/mol. The maximum absolute atomic E-state index is 10.9. The molecule has 0 aromatic heterocycles. The fourth-order valence-corrected chi connectivity index (χ4v) is 2.39. The molecule has 1 aliphatic carbocycles. The fraction of sp³-hybridized carbons (Fsp3) is 0.917. The second kappa shape index (κ2) is 6.11. The SMILES string of the molecule is CCC1CCCC(NC(C)C(N)=O)CC1. The Balaban J connectivity index is 2.34. The van der Waals surface area contributed by atoms with E-state index >= 15 is 0 Å². The summed E-state index contributed by atoms with van der Waals surface area (Å²) in [6.07, 6.45) is 7.59. The Kier molecular flexibility index (Phi) is 5.09. The summed E-state index contributed by atoms with van der Waals surface area (Å²) in [4.78, 5) is 10.9. The molecule has 0 spiro atoms. The largest absolute Gasteiger partial charge is 0.368 e. The summed E-state index contributed by atoms with van der Waals surface area (Å²) >= 11 is 0. The molecule has 3 heteroatoms. The Labute approximate surface area is 92.8 Å². The summed E-state index contributed by atoms with van der Waals surface area (Å²) in [5.74, 6) is 0.645. The van der Waals surface area contributed by atoms with Crippen molar-refractivity contribution >= 4 is 5.91 Å². The number of amides is 1. The van der Waals surface area contributed by atoms with Gasteiger partial charge in [-0.25, -0.2) is 0 Å². The molecule has 3 N–H and O–H groups in total. The van der Waals surface area contributed by atoms with E-state index in [-0.39, 0.29) is 11.9 Å². The Morgan fingerprint density at radius 2 is 2.13 bits per heavy atom. The van der Waals surface area contributed by atoms with Crippen LogP contribution in [0.2, 0.25) is 0 Å². The van der Waals surface area contributed by atoms with E-state index in [2.05, 4.69) is 12.2 Å². The first-order valence-electron chi connectivity index (χ1n) is 6.18. The number of nitrogens with one attached hydrogen (secondary N) is 1. The quantitative estimate of drug-likeness (QED) is 0.698. The van der Waals surface area contributed by atoms with Gasteiger partial charge in [0.1, 0.15) is 0 Å². The summed E-state index contributed by atoms with van der Waals surface area (Å²) in [7, 11) is 0. The second-order valence-electron chi connectivity index (χ2n) is 4.77. The molecule has 3 atom stereocenters. The van der Waals surface area contributed by atoms with Crippen LogP contribution in [0.1, 0.15) is 52.4 Å². The maximum Gasteiger partial charge on any atom is 0.234 e. The van der Waals surface area contributed by atoms with Gasteiger partial charge in [-0.3, -0.25) is 4.79 Å². The van der Waals surface area contributed by atoms with Gasteiger partial charge in [-0.15, -0.1) is 0 Å². The Bertz CT molecular complexity index is 206. The summed E-state index contributed by atoms with van der Waals surface area (Å²) < 4.78 is 0. The van der Waals surface area contributed by atoms with E-state index in [1.807, 2.05) is 6.92 Å². The minimum absolute atomic E-state index is 0.187. The minimum Gasteiger partial charge on any atom is -0.368 e. The van der Waals surface area contributed by atoms with E-state index in [0.717, 1.165) is 5.92 Å². The van der Waals surface area contributed by atoms with Crippen molar-refractivity contribution in [2.24, 2.45) is 11.7 Å². The van der Waals surface area contributed by atoms with Crippen LogP contribution in [0.4, 0.5) is 0 Å². The van der Waals surface area contributed by atoms with Crippen LogP contribution in [-0.4, -0.2) is 18.0 Å². The van der Waals surface area contributed by atoms with Crippen LogP contribution in [0.5, 0.6) is 0 Å². The number of hydrogen-bond acceptors (Lipinski definition) is 2. The number of rotatable bonds is 4. The van der Waals surface area contributed by atoms with Gasteiger partial charge in [-0.1, -0.05) is 26.2 Å². The van der Waals surface area contributed by atoms with Crippen LogP contribution in [-0.2, 0) is 4.79 Å². The number of primary amides is 1. The van der Waals surface area contributed by atoms with Crippen molar-refractivity contribution < 1.29 is 4.79 Å². The van der Waals surface area contributed by atoms with Crippen molar-refractivity contribution in [1.29, 1.82) is 0 Å². The zero-order valence-corrected chi connectivity index (χ0v) is 9.96. The molecule has 1 rings (SSSR count). The molecule has 1 amide bonds. The topological polar surface area (TPSA) is 55.1 Å². The average Bonchev–Trinajstić information content (AvgIpc) is 2.43. The molecule has 1 fully saturated rings. The van der Waals surface area contributed by atoms with Gasteiger partial charge in [0.25, 0.3) is 0 Å². The maximum atomic E-state index is 10.9. The average molecular weight is 212 g/mol. The minimum atomic E-state index is -0.244. The molecule has 3 nitrogen and oxygen atoms in total. The predicted octanol–water partition coefficient (Wildman–Crippen LogP) is 1.81. The first kappa shape index (κ1) is 12.5. The molecule has 15 heavy (non-hydrogen) atoms. The Morgan fingerprint density at radius 3 is 2.73 bits per heavy atom. The summed E-state index contributed by atoms with van der Waals surface area (Å²) in [6, 6.07) is 0.303. The van der Waals surface area contributed by atoms with Gasteiger partial charge >= 0.3 is 0 Å². The van der Waals surface area contributed by atoms with Gasteiger partial charge in [0.15, 0.2) is 0 Å². The zero-order chi connectivity index (χ0) is 11.3. The lowest BCUT2D eigenvalue weighted by Crippen LogP contribution is -2.44. The smallest absolute Gasteiger partial charge is 0.234 e. The third-order valence-corrected chi connectivity index (χ3v) is 3.58. The number of hydrogen-bond donors (Lipinski definition) is 2. The van der Waals surface area contributed by atoms with Crippen molar-refractivity contribution in [1.82, 2.24) is 5.32 Å². The van der Waals surface area contributed by atoms with Gasteiger partial charge in [0.05, 0.1) is 6.04 Å². The van der Waals surface area contributed by atoms with E-state index in [4.69, 9.17) is 5.73 Å². The molecule has 1 aliphatic rings. The van der Waals surface area contributed by atoms with E-state index in [0.29, 0.717) is 6.04 Å². The molecule has 3 unspecified atom stereocenters. The highest BCUT2D eigenvalue weighted by molar-refractivity contribution is 5.79. The summed E-state index contributed by atoms with van der Waals surface area (Å²) in [5, 5.41) is 3.33. The van der Waals surface area contributed by atoms with Crippen LogP contribution in [0.15, 0.2) is 0 Å². The van der Waals surface area contributed by atoms with Crippen molar-refractivity contribution in [2.75, 3.05) is 0 Å². The van der Waals surface area contributed by atoms with Gasteiger partial charge in [0, 0.05) is 6.04 Å². The highest BCUT2D eigenvalue weighted by Gasteiger charge is 2.20. The van der Waals surface area contributed by atoms with Crippen molar-refractivity contribution in [2.45, 2.75) is 64.5 Å². The van der Waals surface area contributed by atoms with Gasteiger partial charge in [-0.05, 0) is 32.1 Å². The highest BCUT2D eigenvalue weighted by Crippen LogP contribution is 2.25. The fourth-order valence-electron chi connectivity index (χ4n) is 2.39. The zero-order valence-electron chi connectivity index (χ0n) is 9.96. The molecule has 0 heterocycles. The van der Waals surface area contributed by atoms with Crippen LogP contribution >= 0.6 is 0 Å². The summed E-state index contributed by atoms with van der Waals surface area (Å²) in [6.45, 7) is 4.12. The molecule has 0 radical (unpaired) electrons. The molecular weight excluding hydrogens is 188 g/mol. The lowest BCUT2D eigenvalue weighted by molar-refractivity contribution is -0.119. The molecule has 1 saturated carbocycles. The predicted molar refractivity (Wildman–Crippen MR) is 62.4 cm³/mol. The van der Waals surface area contributed by atoms with Crippen molar-refractivity contribution in [3.8, 4) is 0 Å². The van der Waals surface area contributed by atoms with Crippen LogP contribution in [0.3, 0.4) is 0 Å². The van der Waals surface area contributed by atoms with Crippen molar-refractivity contribution in [3.05, 3.63) is 0 Å². The van der Waals surface area contributed by atoms with Crippen LogP contribution in [0, 0.1) is 5.92 Å². The van der Waals surface area contributed by atoms with Gasteiger partial charge < -0.3 is 11.1 Å². The standard InChI is InChI=1S/C12H24N2O/c1-3-10-5-4-6-11(8-7-10)14-9(2)12(13)15/h9-11,14H,3-8H2,1-2H3,(H2,13,15). The molecule has 0 aromatic rings. The van der Waals surface area contributed by atoms with Gasteiger partial charge in [-0.2, -0.15) is 0 Å². The second-order valence-corrected chi connectivity index (χ2v) is 4.77. The lowest BCUT2D eigenvalue weighted by Gasteiger charge is -2.20. The summed E-state index contributed by atoms with van der Waals surface area (Å²) in [5.41, 5.74) is 5.24. The number of nitrogens with two attached hydrogens (primary N) is 1. The lowest BCUT2D eigenvalue weighted by atomic mass is 9.98. The van der Waals surface area contributed by atoms with Crippen LogP contribution in [0.25, 0.3) is 0 Å². The first-order valence-corrected chi connectivity index (χ1v) is 6.18. The Hall–Kier alpha value is -0.570. The van der Waals surface area contributed by atoms with Gasteiger partial charge in [0.2, 0.25) is 5.91 Å². The number of carbonyl (C=O) groups is 1. The third-order valence-electron chi connectivity index (χ3n) is 3.58. The van der Waals surface area contributed by atoms with Crippen molar-refractivity contribution in [3.63, 3.8) is 0 Å². The first-order chi connectivity index (χ1) is 7.13. The van der Waals surface area contributed by atoms with E-state index in [1.165, 1.54) is 38.5 Å². The van der Waals surface area contributed by atoms with Crippen LogP contribution < -0.4 is 11.1 Å². The number of carbonyl (C=O) groups excluding carboxylic acids is 1. The molecule has 0 aliphatic heterocycles. The molecular formula is C12H24N2O. The molecule has 0 aromatic carbocycles. The third kappa shape index (κ3) is 4.20. The van der Waals surface area contributed by atoms with E-state index in [1.54, 1.807) is 0 Å². The molecule has 0 bridgehead atoms. The Morgan fingerprint density at radius 1 is 1.40 bits per heavy atom. The van der Waals surface area contributed by atoms with E-state index < -0.39 is 0 Å². The molecule has 0 saturated heterocycles. The highest BCUT2D eigenvalue weighted by atomic mass is 16.1. The normalized spacial score (nSPS) is 29.5. The van der Waals surface area contributed by atoms with E-state index in [9.17, 15) is 4.79 Å². The molecule has 88 valence electrons.